The minimum Gasteiger partial charge on any atom is -0.497 e. The normalized spacial score (nSPS) is 16.1. The Kier molecular flexibility index (Phi) is 6.07. The molecule has 2 amide bonds. The molecule has 31 heavy (non-hydrogen) atoms. The van der Waals surface area contributed by atoms with E-state index in [1.807, 2.05) is 54.6 Å². The molecule has 0 bridgehead atoms. The molecule has 0 aliphatic carbocycles. The number of piperidine rings is 1. The first-order valence-corrected chi connectivity index (χ1v) is 10.4. The monoisotopic (exact) mass is 418 g/mol. The van der Waals surface area contributed by atoms with Crippen molar-refractivity contribution in [3.05, 3.63) is 66.2 Å². The Hall–Kier alpha value is -3.54. The number of fused-ring (bicyclic) bond motifs is 1. The first-order chi connectivity index (χ1) is 15.1. The van der Waals surface area contributed by atoms with Crippen molar-refractivity contribution in [2.45, 2.75) is 12.8 Å². The molecule has 0 saturated carbocycles. The first kappa shape index (κ1) is 20.7. The summed E-state index contributed by atoms with van der Waals surface area (Å²) in [6.45, 7) is 1.04. The summed E-state index contributed by atoms with van der Waals surface area (Å²) >= 11 is 0. The molecule has 4 rings (SSSR count). The number of methoxy groups -OCH3 is 2. The zero-order chi connectivity index (χ0) is 21.8. The number of likely N-dealkylation sites (tertiary alicyclic amines) is 1. The van der Waals surface area contributed by atoms with Crippen LogP contribution < -0.4 is 14.8 Å². The van der Waals surface area contributed by atoms with E-state index in [1.165, 1.54) is 0 Å². The number of hydrogen-bond acceptors (Lipinski definition) is 4. The van der Waals surface area contributed by atoms with Crippen molar-refractivity contribution in [1.82, 2.24) is 4.90 Å². The minimum atomic E-state index is -0.256. The van der Waals surface area contributed by atoms with Crippen LogP contribution in [-0.2, 0) is 4.79 Å². The fourth-order valence-electron chi connectivity index (χ4n) is 4.13. The number of carbonyl (C=O) groups excluding carboxylic acids is 2. The van der Waals surface area contributed by atoms with Gasteiger partial charge in [-0.2, -0.15) is 0 Å². The minimum absolute atomic E-state index is 0.0577. The third-order valence-corrected chi connectivity index (χ3v) is 5.75. The van der Waals surface area contributed by atoms with Gasteiger partial charge in [-0.15, -0.1) is 0 Å². The Balaban J connectivity index is 1.51. The topological polar surface area (TPSA) is 67.9 Å². The lowest BCUT2D eigenvalue weighted by Crippen LogP contribution is -2.43. The predicted molar refractivity (Wildman–Crippen MR) is 121 cm³/mol. The molecule has 6 heteroatoms. The van der Waals surface area contributed by atoms with E-state index < -0.39 is 0 Å². The van der Waals surface area contributed by atoms with Crippen molar-refractivity contribution in [1.29, 1.82) is 0 Å². The van der Waals surface area contributed by atoms with Gasteiger partial charge in [0.25, 0.3) is 5.91 Å². The van der Waals surface area contributed by atoms with Crippen molar-refractivity contribution < 1.29 is 19.1 Å². The predicted octanol–water partition coefficient (Wildman–Crippen LogP) is 4.35. The van der Waals surface area contributed by atoms with E-state index in [1.54, 1.807) is 25.2 Å². The van der Waals surface area contributed by atoms with Crippen LogP contribution >= 0.6 is 0 Å². The highest BCUT2D eigenvalue weighted by molar-refractivity contribution is 6.08. The van der Waals surface area contributed by atoms with Crippen molar-refractivity contribution in [2.24, 2.45) is 5.92 Å². The summed E-state index contributed by atoms with van der Waals surface area (Å²) in [6, 6.07) is 18.6. The van der Waals surface area contributed by atoms with Gasteiger partial charge < -0.3 is 19.7 Å². The maximum absolute atomic E-state index is 13.4. The van der Waals surface area contributed by atoms with Crippen LogP contribution in [0.15, 0.2) is 60.7 Å². The zero-order valence-electron chi connectivity index (χ0n) is 17.8. The third-order valence-electron chi connectivity index (χ3n) is 5.75. The van der Waals surface area contributed by atoms with Crippen LogP contribution in [0.25, 0.3) is 10.8 Å². The van der Waals surface area contributed by atoms with Gasteiger partial charge in [-0.3, -0.25) is 9.59 Å². The molecule has 160 valence electrons. The van der Waals surface area contributed by atoms with Gasteiger partial charge in [0.1, 0.15) is 11.5 Å². The molecule has 1 saturated heterocycles. The van der Waals surface area contributed by atoms with E-state index in [9.17, 15) is 9.59 Å². The van der Waals surface area contributed by atoms with E-state index in [2.05, 4.69) is 5.32 Å². The van der Waals surface area contributed by atoms with Crippen LogP contribution in [0.5, 0.6) is 11.5 Å². The molecule has 1 fully saturated rings. The molecule has 1 N–H and O–H groups in total. The Morgan fingerprint density at radius 2 is 1.77 bits per heavy atom. The van der Waals surface area contributed by atoms with E-state index >= 15 is 0 Å². The number of anilines is 1. The van der Waals surface area contributed by atoms with Crippen LogP contribution in [0.3, 0.4) is 0 Å². The first-order valence-electron chi connectivity index (χ1n) is 10.4. The fraction of sp³-hybridized carbons (Fsp3) is 0.280. The van der Waals surface area contributed by atoms with Gasteiger partial charge in [0.15, 0.2) is 0 Å². The van der Waals surface area contributed by atoms with Crippen LogP contribution in [-0.4, -0.2) is 44.0 Å². The summed E-state index contributed by atoms with van der Waals surface area (Å²) in [5, 5.41) is 4.72. The molecule has 3 aromatic carbocycles. The lowest BCUT2D eigenvalue weighted by Gasteiger charge is -2.32. The highest BCUT2D eigenvalue weighted by Crippen LogP contribution is 2.30. The van der Waals surface area contributed by atoms with Crippen molar-refractivity contribution in [3.8, 4) is 11.5 Å². The van der Waals surface area contributed by atoms with Gasteiger partial charge in [-0.05, 0) is 42.5 Å². The highest BCUT2D eigenvalue weighted by atomic mass is 16.5. The zero-order valence-corrected chi connectivity index (χ0v) is 17.8. The van der Waals surface area contributed by atoms with E-state index in [4.69, 9.17) is 9.47 Å². The molecule has 3 aromatic rings. The summed E-state index contributed by atoms with van der Waals surface area (Å²) in [7, 11) is 3.22. The fourth-order valence-corrected chi connectivity index (χ4v) is 4.13. The number of ether oxygens (including phenoxy) is 2. The number of carbonyl (C=O) groups is 2. The number of nitrogens with one attached hydrogen (secondary N) is 1. The molecular weight excluding hydrogens is 392 g/mol. The maximum Gasteiger partial charge on any atom is 0.254 e. The van der Waals surface area contributed by atoms with Gasteiger partial charge in [0.05, 0.1) is 20.1 Å². The Bertz CT molecular complexity index is 1110. The molecular formula is C25H26N2O4. The molecule has 1 atom stereocenters. The largest absolute Gasteiger partial charge is 0.497 e. The molecule has 1 aliphatic heterocycles. The summed E-state index contributed by atoms with van der Waals surface area (Å²) in [5.41, 5.74) is 1.32. The second kappa shape index (κ2) is 9.08. The Morgan fingerprint density at radius 1 is 0.968 bits per heavy atom. The molecule has 1 unspecified atom stereocenters. The van der Waals surface area contributed by atoms with Gasteiger partial charge >= 0.3 is 0 Å². The number of benzene rings is 3. The van der Waals surface area contributed by atoms with Crippen molar-refractivity contribution >= 4 is 28.3 Å². The quantitative estimate of drug-likeness (QED) is 0.669. The lowest BCUT2D eigenvalue weighted by atomic mass is 9.95. The molecule has 0 spiro atoms. The van der Waals surface area contributed by atoms with E-state index in [-0.39, 0.29) is 17.7 Å². The van der Waals surface area contributed by atoms with E-state index in [0.29, 0.717) is 30.1 Å². The lowest BCUT2D eigenvalue weighted by molar-refractivity contribution is -0.121. The SMILES string of the molecule is COc1cccc(NC(=O)C2CCCN(C(=O)c3ccc(OC)c4ccccc34)C2)c1. The number of rotatable bonds is 5. The van der Waals surface area contributed by atoms with Crippen molar-refractivity contribution in [2.75, 3.05) is 32.6 Å². The number of hydrogen-bond donors (Lipinski definition) is 1. The van der Waals surface area contributed by atoms with Gasteiger partial charge in [0, 0.05) is 35.8 Å². The summed E-state index contributed by atoms with van der Waals surface area (Å²) < 4.78 is 10.7. The standard InChI is InChI=1S/C25H26N2O4/c1-30-19-9-5-8-18(15-19)26-24(28)17-7-6-14-27(16-17)25(29)22-12-13-23(31-2)21-11-4-3-10-20(21)22/h3-5,8-13,15,17H,6-7,14,16H2,1-2H3,(H,26,28). The molecule has 1 aliphatic rings. The molecule has 1 heterocycles. The van der Waals surface area contributed by atoms with Crippen LogP contribution in [0.2, 0.25) is 0 Å². The van der Waals surface area contributed by atoms with Crippen LogP contribution in [0.4, 0.5) is 5.69 Å². The molecule has 0 radical (unpaired) electrons. The highest BCUT2D eigenvalue weighted by Gasteiger charge is 2.30. The van der Waals surface area contributed by atoms with E-state index in [0.717, 1.165) is 29.4 Å². The number of nitrogens with zero attached hydrogens (tertiary/aromatic N) is 1. The number of amides is 2. The van der Waals surface area contributed by atoms with Gasteiger partial charge in [0.2, 0.25) is 5.91 Å². The second-order valence-electron chi connectivity index (χ2n) is 7.67. The molecule has 0 aromatic heterocycles. The van der Waals surface area contributed by atoms with Crippen LogP contribution in [0, 0.1) is 5.92 Å². The summed E-state index contributed by atoms with van der Waals surface area (Å²) in [4.78, 5) is 28.0. The summed E-state index contributed by atoms with van der Waals surface area (Å²) in [5.74, 6) is 1.03. The average molecular weight is 418 g/mol. The molecule has 6 nitrogen and oxygen atoms in total. The Morgan fingerprint density at radius 3 is 2.55 bits per heavy atom. The van der Waals surface area contributed by atoms with Crippen LogP contribution in [0.1, 0.15) is 23.2 Å². The maximum atomic E-state index is 13.4. The Labute approximate surface area is 181 Å². The summed E-state index contributed by atoms with van der Waals surface area (Å²) in [6.07, 6.45) is 1.54. The van der Waals surface area contributed by atoms with Gasteiger partial charge in [-0.1, -0.05) is 30.3 Å². The third kappa shape index (κ3) is 4.33. The second-order valence-corrected chi connectivity index (χ2v) is 7.67. The smallest absolute Gasteiger partial charge is 0.254 e. The average Bonchev–Trinajstić information content (AvgIpc) is 2.83. The van der Waals surface area contributed by atoms with Gasteiger partial charge in [-0.25, -0.2) is 0 Å². The van der Waals surface area contributed by atoms with Crippen molar-refractivity contribution in [3.63, 3.8) is 0 Å².